The Hall–Kier alpha value is -2.41. The Kier molecular flexibility index (Phi) is 4.40. The molecule has 0 N–H and O–H groups in total. The molecule has 6 nitrogen and oxygen atoms in total. The first-order valence-corrected chi connectivity index (χ1v) is 9.60. The van der Waals surface area contributed by atoms with Gasteiger partial charge in [0.15, 0.2) is 0 Å². The molecule has 4 rings (SSSR count). The molecule has 1 atom stereocenters. The van der Waals surface area contributed by atoms with Gasteiger partial charge in [0.25, 0.3) is 5.56 Å². The summed E-state index contributed by atoms with van der Waals surface area (Å²) >= 11 is 1.62. The number of hydrogen-bond donors (Lipinski definition) is 0. The van der Waals surface area contributed by atoms with E-state index in [1.807, 2.05) is 6.07 Å². The molecule has 1 amide bonds. The van der Waals surface area contributed by atoms with Crippen LogP contribution >= 0.6 is 11.3 Å². The molecular formula is C19H21N3O3S. The van der Waals surface area contributed by atoms with Crippen LogP contribution < -0.4 is 5.56 Å². The van der Waals surface area contributed by atoms with Crippen molar-refractivity contribution in [1.29, 1.82) is 0 Å². The highest BCUT2D eigenvalue weighted by Crippen LogP contribution is 2.35. The number of fused-ring (bicyclic) bond motifs is 3. The van der Waals surface area contributed by atoms with Gasteiger partial charge in [-0.2, -0.15) is 0 Å². The molecular weight excluding hydrogens is 350 g/mol. The Morgan fingerprint density at radius 3 is 3.12 bits per heavy atom. The van der Waals surface area contributed by atoms with Gasteiger partial charge in [-0.05, 0) is 42.9 Å². The van der Waals surface area contributed by atoms with Crippen LogP contribution in [-0.2, 0) is 30.7 Å². The fourth-order valence-electron chi connectivity index (χ4n) is 3.47. The van der Waals surface area contributed by atoms with Gasteiger partial charge in [-0.3, -0.25) is 14.2 Å². The average Bonchev–Trinajstić information content (AvgIpc) is 3.24. The van der Waals surface area contributed by atoms with Gasteiger partial charge >= 0.3 is 0 Å². The summed E-state index contributed by atoms with van der Waals surface area (Å²) in [5.74, 6) is 1.21. The molecule has 0 saturated carbocycles. The highest BCUT2D eigenvalue weighted by atomic mass is 32.1. The second-order valence-corrected chi connectivity index (χ2v) is 8.12. The van der Waals surface area contributed by atoms with Crippen LogP contribution in [0.1, 0.15) is 29.5 Å². The van der Waals surface area contributed by atoms with Crippen molar-refractivity contribution in [3.63, 3.8) is 0 Å². The summed E-state index contributed by atoms with van der Waals surface area (Å²) in [6.07, 6.45) is 6.10. The van der Waals surface area contributed by atoms with Crippen molar-refractivity contribution in [2.75, 3.05) is 7.05 Å². The number of hydrogen-bond acceptors (Lipinski definition) is 5. The van der Waals surface area contributed by atoms with Crippen molar-refractivity contribution in [1.82, 2.24) is 14.5 Å². The summed E-state index contributed by atoms with van der Waals surface area (Å²) in [4.78, 5) is 33.5. The van der Waals surface area contributed by atoms with Crippen molar-refractivity contribution < 1.29 is 9.21 Å². The van der Waals surface area contributed by atoms with Gasteiger partial charge in [-0.25, -0.2) is 4.98 Å². The summed E-state index contributed by atoms with van der Waals surface area (Å²) in [7, 11) is 1.70. The third-order valence-corrected chi connectivity index (χ3v) is 6.15. The Labute approximate surface area is 155 Å². The summed E-state index contributed by atoms with van der Waals surface area (Å²) in [5, 5.41) is 0.709. The van der Waals surface area contributed by atoms with Crippen LogP contribution in [0.2, 0.25) is 0 Å². The van der Waals surface area contributed by atoms with Crippen LogP contribution in [0.25, 0.3) is 10.2 Å². The first kappa shape index (κ1) is 17.0. The minimum absolute atomic E-state index is 0.0139. The summed E-state index contributed by atoms with van der Waals surface area (Å²) in [6.45, 7) is 2.61. The first-order chi connectivity index (χ1) is 12.5. The van der Waals surface area contributed by atoms with Crippen molar-refractivity contribution in [2.45, 2.75) is 39.3 Å². The predicted molar refractivity (Wildman–Crippen MR) is 100 cm³/mol. The Bertz CT molecular complexity index is 1000. The lowest BCUT2D eigenvalue weighted by atomic mass is 9.89. The topological polar surface area (TPSA) is 68.3 Å². The smallest absolute Gasteiger partial charge is 0.262 e. The van der Waals surface area contributed by atoms with E-state index >= 15 is 0 Å². The Balaban J connectivity index is 1.60. The lowest BCUT2D eigenvalue weighted by Crippen LogP contribution is -2.33. The largest absolute Gasteiger partial charge is 0.467 e. The van der Waals surface area contributed by atoms with Crippen LogP contribution in [-0.4, -0.2) is 27.4 Å². The molecule has 26 heavy (non-hydrogen) atoms. The van der Waals surface area contributed by atoms with Gasteiger partial charge < -0.3 is 9.32 Å². The maximum Gasteiger partial charge on any atom is 0.262 e. The number of aromatic nitrogens is 2. The second kappa shape index (κ2) is 6.72. The van der Waals surface area contributed by atoms with E-state index in [-0.39, 0.29) is 18.0 Å². The first-order valence-electron chi connectivity index (χ1n) is 8.79. The average molecular weight is 371 g/mol. The van der Waals surface area contributed by atoms with E-state index in [2.05, 4.69) is 11.9 Å². The molecule has 0 spiro atoms. The SMILES string of the molecule is C[C@H]1CCc2c(sc3ncn(CC(=O)N(C)Cc4ccco4)c(=O)c23)C1. The molecule has 7 heteroatoms. The molecule has 0 radical (unpaired) electrons. The third-order valence-electron chi connectivity index (χ3n) is 4.99. The van der Waals surface area contributed by atoms with Crippen LogP contribution in [0.4, 0.5) is 0 Å². The van der Waals surface area contributed by atoms with Gasteiger partial charge in [0.05, 0.1) is 24.5 Å². The number of carbonyl (C=O) groups excluding carboxylic acids is 1. The molecule has 0 bridgehead atoms. The molecule has 0 fully saturated rings. The normalized spacial score (nSPS) is 16.6. The molecule has 1 aliphatic carbocycles. The van der Waals surface area contributed by atoms with Gasteiger partial charge in [0.2, 0.25) is 5.91 Å². The Morgan fingerprint density at radius 1 is 1.50 bits per heavy atom. The zero-order chi connectivity index (χ0) is 18.3. The fraction of sp³-hybridized carbons (Fsp3) is 0.421. The minimum atomic E-state index is -0.151. The molecule has 3 heterocycles. The van der Waals surface area contributed by atoms with E-state index in [1.54, 1.807) is 35.6 Å². The van der Waals surface area contributed by atoms with E-state index in [4.69, 9.17) is 4.42 Å². The molecule has 1 aliphatic rings. The van der Waals surface area contributed by atoms with Gasteiger partial charge in [0.1, 0.15) is 17.1 Å². The quantitative estimate of drug-likeness (QED) is 0.707. The van der Waals surface area contributed by atoms with Gasteiger partial charge in [-0.1, -0.05) is 6.92 Å². The third kappa shape index (κ3) is 3.07. The number of likely N-dealkylation sites (N-methyl/N-ethyl adjacent to an activating group) is 1. The van der Waals surface area contributed by atoms with Crippen LogP contribution in [0.5, 0.6) is 0 Å². The highest BCUT2D eigenvalue weighted by molar-refractivity contribution is 7.18. The molecule has 3 aromatic rings. The van der Waals surface area contributed by atoms with E-state index in [0.717, 1.165) is 29.7 Å². The lowest BCUT2D eigenvalue weighted by molar-refractivity contribution is -0.131. The maximum absolute atomic E-state index is 13.0. The summed E-state index contributed by atoms with van der Waals surface area (Å²) in [5.41, 5.74) is 1.04. The number of furan rings is 1. The summed E-state index contributed by atoms with van der Waals surface area (Å²) < 4.78 is 6.70. The minimum Gasteiger partial charge on any atom is -0.467 e. The second-order valence-electron chi connectivity index (χ2n) is 7.04. The van der Waals surface area contributed by atoms with Crippen molar-refractivity contribution >= 4 is 27.5 Å². The number of aryl methyl sites for hydroxylation is 1. The van der Waals surface area contributed by atoms with Crippen LogP contribution in [0, 0.1) is 5.92 Å². The molecule has 0 saturated heterocycles. The molecule has 0 unspecified atom stereocenters. The maximum atomic E-state index is 13.0. The summed E-state index contributed by atoms with van der Waals surface area (Å²) in [6, 6.07) is 3.61. The molecule has 0 aromatic carbocycles. The molecule has 136 valence electrons. The van der Waals surface area contributed by atoms with E-state index < -0.39 is 0 Å². The van der Waals surface area contributed by atoms with Crippen LogP contribution in [0.3, 0.4) is 0 Å². The van der Waals surface area contributed by atoms with Crippen LogP contribution in [0.15, 0.2) is 33.9 Å². The zero-order valence-electron chi connectivity index (χ0n) is 14.9. The van der Waals surface area contributed by atoms with Crippen molar-refractivity contribution in [3.05, 3.63) is 51.3 Å². The number of amides is 1. The number of rotatable bonds is 4. The predicted octanol–water partition coefficient (Wildman–Crippen LogP) is 2.83. The standard InChI is InChI=1S/C19H21N3O3S/c1-12-5-6-14-15(8-12)26-18-17(14)19(24)22(11-20-18)10-16(23)21(2)9-13-4-3-7-25-13/h3-4,7,11-12H,5-6,8-10H2,1-2H3/t12-/m0/s1. The monoisotopic (exact) mass is 371 g/mol. The number of carbonyl (C=O) groups is 1. The van der Waals surface area contributed by atoms with E-state index in [1.165, 1.54) is 15.8 Å². The molecule has 3 aromatic heterocycles. The van der Waals surface area contributed by atoms with Gasteiger partial charge in [-0.15, -0.1) is 11.3 Å². The fourth-order valence-corrected chi connectivity index (χ4v) is 4.81. The number of nitrogens with zero attached hydrogens (tertiary/aromatic N) is 3. The number of thiophene rings is 1. The van der Waals surface area contributed by atoms with Crippen molar-refractivity contribution in [2.24, 2.45) is 5.92 Å². The van der Waals surface area contributed by atoms with E-state index in [0.29, 0.717) is 23.6 Å². The Morgan fingerprint density at radius 2 is 2.35 bits per heavy atom. The van der Waals surface area contributed by atoms with Crippen molar-refractivity contribution in [3.8, 4) is 0 Å². The molecule has 0 aliphatic heterocycles. The highest BCUT2D eigenvalue weighted by Gasteiger charge is 2.23. The zero-order valence-corrected chi connectivity index (χ0v) is 15.7. The lowest BCUT2D eigenvalue weighted by Gasteiger charge is -2.18. The van der Waals surface area contributed by atoms with E-state index in [9.17, 15) is 9.59 Å². The van der Waals surface area contributed by atoms with Gasteiger partial charge in [0, 0.05) is 11.9 Å².